The second-order valence-corrected chi connectivity index (χ2v) is 5.84. The monoisotopic (exact) mass is 359 g/mol. The predicted octanol–water partition coefficient (Wildman–Crippen LogP) is 3.13. The van der Waals surface area contributed by atoms with E-state index >= 15 is 0 Å². The van der Waals surface area contributed by atoms with Gasteiger partial charge in [-0.1, -0.05) is 19.9 Å². The summed E-state index contributed by atoms with van der Waals surface area (Å²) in [6, 6.07) is 5.83. The van der Waals surface area contributed by atoms with Crippen molar-refractivity contribution in [2.45, 2.75) is 39.2 Å². The van der Waals surface area contributed by atoms with Gasteiger partial charge in [-0.3, -0.25) is 4.79 Å². The molecule has 0 bridgehead atoms. The van der Waals surface area contributed by atoms with E-state index in [0.29, 0.717) is 11.8 Å². The zero-order valence-electron chi connectivity index (χ0n) is 15.1. The molecule has 0 saturated heterocycles. The van der Waals surface area contributed by atoms with Crippen LogP contribution in [0, 0.1) is 0 Å². The van der Waals surface area contributed by atoms with Crippen molar-refractivity contribution in [3.8, 4) is 0 Å². The van der Waals surface area contributed by atoms with Crippen LogP contribution in [0.25, 0.3) is 10.9 Å². The van der Waals surface area contributed by atoms with Crippen molar-refractivity contribution in [3.63, 3.8) is 0 Å². The lowest BCUT2D eigenvalue weighted by Gasteiger charge is -2.12. The number of nitrogens with zero attached hydrogens (tertiary/aromatic N) is 1. The molecule has 140 valence electrons. The predicted molar refractivity (Wildman–Crippen MR) is 101 cm³/mol. The number of carboxylic acid groups (broad SMARTS) is 1. The molecule has 1 aliphatic rings. The smallest absolute Gasteiger partial charge is 0.341 e. The van der Waals surface area contributed by atoms with E-state index in [4.69, 9.17) is 9.84 Å². The van der Waals surface area contributed by atoms with Crippen molar-refractivity contribution < 1.29 is 19.7 Å². The van der Waals surface area contributed by atoms with Crippen LogP contribution in [0.15, 0.2) is 41.5 Å². The van der Waals surface area contributed by atoms with Gasteiger partial charge in [-0.05, 0) is 43.0 Å². The number of aromatic carboxylic acids is 1. The lowest BCUT2D eigenvalue weighted by molar-refractivity contribution is 0.0695. The Hall–Kier alpha value is -2.60. The quantitative estimate of drug-likeness (QED) is 0.586. The van der Waals surface area contributed by atoms with Gasteiger partial charge in [0.1, 0.15) is 12.2 Å². The average molecular weight is 359 g/mol. The third-order valence-corrected chi connectivity index (χ3v) is 4.02. The molecule has 1 aromatic carbocycles. The van der Waals surface area contributed by atoms with E-state index < -0.39 is 11.4 Å². The molecule has 6 heteroatoms. The summed E-state index contributed by atoms with van der Waals surface area (Å²) in [6.45, 7) is 4.20. The van der Waals surface area contributed by atoms with Gasteiger partial charge in [-0.25, -0.2) is 4.79 Å². The summed E-state index contributed by atoms with van der Waals surface area (Å²) in [5, 5.41) is 18.4. The standard InChI is InChI=1S/C18H19NO5.C2H6/c20-7-9-24-8-1-2-12-3-6-16-14(10-12)17(21)15(18(22)23)11-19(16)13-4-5-13;1-2/h1,3,6,8,10-11,13,20H,2,4-5,7,9H2,(H,22,23);1-2H3/b8-1+;. The molecule has 0 radical (unpaired) electrons. The van der Waals surface area contributed by atoms with Gasteiger partial charge in [0.25, 0.3) is 0 Å². The molecule has 1 aromatic heterocycles. The number of allylic oxidation sites excluding steroid dienone is 1. The van der Waals surface area contributed by atoms with Crippen LogP contribution >= 0.6 is 0 Å². The zero-order chi connectivity index (χ0) is 19.1. The largest absolute Gasteiger partial charge is 0.499 e. The van der Waals surface area contributed by atoms with E-state index in [2.05, 4.69) is 0 Å². The average Bonchev–Trinajstić information content (AvgIpc) is 3.48. The van der Waals surface area contributed by atoms with Gasteiger partial charge >= 0.3 is 5.97 Å². The Bertz CT molecular complexity index is 849. The fourth-order valence-corrected chi connectivity index (χ4v) is 2.71. The molecule has 0 unspecified atom stereocenters. The Balaban J connectivity index is 0.00000117. The minimum absolute atomic E-state index is 0.0427. The van der Waals surface area contributed by atoms with Crippen molar-refractivity contribution in [2.75, 3.05) is 13.2 Å². The number of aromatic nitrogens is 1. The second kappa shape index (κ2) is 9.20. The maximum atomic E-state index is 12.5. The highest BCUT2D eigenvalue weighted by Gasteiger charge is 2.26. The molecule has 26 heavy (non-hydrogen) atoms. The molecule has 2 aromatic rings. The van der Waals surface area contributed by atoms with Crippen LogP contribution in [0.1, 0.15) is 48.7 Å². The van der Waals surface area contributed by atoms with Crippen LogP contribution < -0.4 is 5.43 Å². The van der Waals surface area contributed by atoms with Gasteiger partial charge in [0.05, 0.1) is 18.4 Å². The summed E-state index contributed by atoms with van der Waals surface area (Å²) in [5.41, 5.74) is 1.04. The molecule has 3 rings (SSSR count). The van der Waals surface area contributed by atoms with Gasteiger partial charge in [-0.2, -0.15) is 0 Å². The highest BCUT2D eigenvalue weighted by atomic mass is 16.5. The second-order valence-electron chi connectivity index (χ2n) is 5.84. The van der Waals surface area contributed by atoms with Gasteiger partial charge < -0.3 is 19.5 Å². The Morgan fingerprint density at radius 3 is 2.69 bits per heavy atom. The van der Waals surface area contributed by atoms with E-state index in [0.717, 1.165) is 23.9 Å². The SMILES string of the molecule is CC.O=C(O)c1cn(C2CC2)c2ccc(C/C=C/OCCO)cc2c1=O. The lowest BCUT2D eigenvalue weighted by atomic mass is 10.1. The Labute approximate surface area is 152 Å². The van der Waals surface area contributed by atoms with Crippen molar-refractivity contribution in [1.82, 2.24) is 4.57 Å². The first-order valence-corrected chi connectivity index (χ1v) is 8.90. The minimum Gasteiger partial charge on any atom is -0.499 e. The number of fused-ring (bicyclic) bond motifs is 1. The van der Waals surface area contributed by atoms with Crippen LogP contribution in [-0.4, -0.2) is 34.0 Å². The van der Waals surface area contributed by atoms with Crippen LogP contribution in [0.4, 0.5) is 0 Å². The van der Waals surface area contributed by atoms with E-state index in [-0.39, 0.29) is 24.8 Å². The number of aliphatic hydroxyl groups is 1. The molecule has 1 fully saturated rings. The molecule has 1 aliphatic carbocycles. The minimum atomic E-state index is -1.20. The number of hydrogen-bond donors (Lipinski definition) is 2. The van der Waals surface area contributed by atoms with E-state index in [1.54, 1.807) is 12.1 Å². The van der Waals surface area contributed by atoms with E-state index in [1.165, 1.54) is 12.5 Å². The molecule has 1 heterocycles. The fraction of sp³-hybridized carbons (Fsp3) is 0.400. The fourth-order valence-electron chi connectivity index (χ4n) is 2.71. The van der Waals surface area contributed by atoms with E-state index in [1.807, 2.05) is 30.5 Å². The van der Waals surface area contributed by atoms with Crippen molar-refractivity contribution in [3.05, 3.63) is 58.1 Å². The zero-order valence-corrected chi connectivity index (χ0v) is 15.1. The number of rotatable bonds is 7. The first kappa shape index (κ1) is 19.7. The summed E-state index contributed by atoms with van der Waals surface area (Å²) in [7, 11) is 0. The first-order chi connectivity index (χ1) is 12.6. The highest BCUT2D eigenvalue weighted by Crippen LogP contribution is 2.37. The Kier molecular flexibility index (Phi) is 6.97. The third kappa shape index (κ3) is 4.52. The lowest BCUT2D eigenvalue weighted by Crippen LogP contribution is -2.18. The van der Waals surface area contributed by atoms with Crippen LogP contribution in [0.2, 0.25) is 0 Å². The Morgan fingerprint density at radius 1 is 1.35 bits per heavy atom. The van der Waals surface area contributed by atoms with E-state index in [9.17, 15) is 14.7 Å². The first-order valence-electron chi connectivity index (χ1n) is 8.90. The van der Waals surface area contributed by atoms with Crippen molar-refractivity contribution in [2.24, 2.45) is 0 Å². The van der Waals surface area contributed by atoms with Gasteiger partial charge in [0, 0.05) is 17.6 Å². The summed E-state index contributed by atoms with van der Waals surface area (Å²) < 4.78 is 6.96. The molecule has 0 amide bonds. The normalized spacial score (nSPS) is 13.5. The Morgan fingerprint density at radius 2 is 2.08 bits per heavy atom. The highest BCUT2D eigenvalue weighted by molar-refractivity contribution is 5.92. The molecule has 0 atom stereocenters. The van der Waals surface area contributed by atoms with Gasteiger partial charge in [0.15, 0.2) is 0 Å². The number of hydrogen-bond acceptors (Lipinski definition) is 4. The summed E-state index contributed by atoms with van der Waals surface area (Å²) in [6.07, 6.45) is 7.33. The third-order valence-electron chi connectivity index (χ3n) is 4.02. The van der Waals surface area contributed by atoms with Crippen LogP contribution in [0.5, 0.6) is 0 Å². The summed E-state index contributed by atoms with van der Waals surface area (Å²) >= 11 is 0. The summed E-state index contributed by atoms with van der Waals surface area (Å²) in [5.74, 6) is -1.20. The van der Waals surface area contributed by atoms with Crippen LogP contribution in [0.3, 0.4) is 0 Å². The molecular weight excluding hydrogens is 334 g/mol. The van der Waals surface area contributed by atoms with Crippen LogP contribution in [-0.2, 0) is 11.2 Å². The van der Waals surface area contributed by atoms with Gasteiger partial charge in [0.2, 0.25) is 5.43 Å². The number of benzene rings is 1. The maximum Gasteiger partial charge on any atom is 0.341 e. The number of ether oxygens (including phenoxy) is 1. The number of aliphatic hydroxyl groups excluding tert-OH is 1. The summed E-state index contributed by atoms with van der Waals surface area (Å²) in [4.78, 5) is 23.8. The molecule has 0 spiro atoms. The maximum absolute atomic E-state index is 12.5. The molecular formula is C20H25NO5. The topological polar surface area (TPSA) is 88.8 Å². The molecule has 6 nitrogen and oxygen atoms in total. The molecule has 1 saturated carbocycles. The molecule has 2 N–H and O–H groups in total. The number of pyridine rings is 1. The number of carboxylic acids is 1. The van der Waals surface area contributed by atoms with Crippen molar-refractivity contribution in [1.29, 1.82) is 0 Å². The van der Waals surface area contributed by atoms with Gasteiger partial charge in [-0.15, -0.1) is 0 Å². The molecule has 0 aliphatic heterocycles. The van der Waals surface area contributed by atoms with Crippen molar-refractivity contribution >= 4 is 16.9 Å². The number of carbonyl (C=O) groups is 1.